The van der Waals surface area contributed by atoms with Crippen LogP contribution in [0.4, 0.5) is 4.79 Å². The highest BCUT2D eigenvalue weighted by atomic mass is 32.1. The molecule has 1 amide bonds. The smallest absolute Gasteiger partial charge is 0.410 e. The highest BCUT2D eigenvalue weighted by Crippen LogP contribution is 2.22. The van der Waals surface area contributed by atoms with Crippen LogP contribution < -0.4 is 0 Å². The third-order valence-corrected chi connectivity index (χ3v) is 4.41. The van der Waals surface area contributed by atoms with Crippen LogP contribution in [0.3, 0.4) is 0 Å². The van der Waals surface area contributed by atoms with Crippen LogP contribution in [-0.2, 0) is 16.1 Å². The third kappa shape index (κ3) is 4.99. The third-order valence-electron chi connectivity index (χ3n) is 3.65. The first kappa shape index (κ1) is 17.8. The normalized spacial score (nSPS) is 16.2. The Bertz CT molecular complexity index is 687. The maximum atomic E-state index is 12.0. The number of nitrogens with zero attached hydrogens (tertiary/aromatic N) is 4. The van der Waals surface area contributed by atoms with Gasteiger partial charge in [0, 0.05) is 13.1 Å². The second kappa shape index (κ2) is 7.49. The van der Waals surface area contributed by atoms with E-state index in [1.54, 1.807) is 16.6 Å². The molecule has 0 saturated carbocycles. The van der Waals surface area contributed by atoms with Crippen molar-refractivity contribution in [2.24, 2.45) is 0 Å². The van der Waals surface area contributed by atoms with Crippen molar-refractivity contribution in [3.63, 3.8) is 0 Å². The fourth-order valence-electron chi connectivity index (χ4n) is 2.46. The number of carbonyl (C=O) groups is 1. The molecule has 0 aromatic carbocycles. The molecule has 1 aliphatic heterocycles. The average molecular weight is 366 g/mol. The molecule has 0 N–H and O–H groups in total. The van der Waals surface area contributed by atoms with Crippen molar-refractivity contribution >= 4 is 17.4 Å². The summed E-state index contributed by atoms with van der Waals surface area (Å²) >= 11 is 1.44. The van der Waals surface area contributed by atoms with E-state index in [1.165, 1.54) is 11.3 Å². The second-order valence-electron chi connectivity index (χ2n) is 6.86. The van der Waals surface area contributed by atoms with Crippen LogP contribution in [0.25, 0.3) is 10.8 Å². The van der Waals surface area contributed by atoms with Crippen LogP contribution in [0.1, 0.15) is 39.4 Å². The highest BCUT2D eigenvalue weighted by molar-refractivity contribution is 7.13. The van der Waals surface area contributed by atoms with Gasteiger partial charge in [-0.05, 0) is 33.6 Å². The molecule has 0 spiro atoms. The Hall–Kier alpha value is -2.00. The van der Waals surface area contributed by atoms with Gasteiger partial charge >= 0.3 is 6.09 Å². The molecule has 0 aliphatic carbocycles. The van der Waals surface area contributed by atoms with Gasteiger partial charge in [-0.1, -0.05) is 5.16 Å². The van der Waals surface area contributed by atoms with Gasteiger partial charge in [0.2, 0.25) is 0 Å². The van der Waals surface area contributed by atoms with Gasteiger partial charge in [0.05, 0.1) is 17.8 Å². The first-order valence-corrected chi connectivity index (χ1v) is 9.09. The molecule has 0 bridgehead atoms. The lowest BCUT2D eigenvalue weighted by Crippen LogP contribution is -2.43. The molecule has 1 aliphatic rings. The van der Waals surface area contributed by atoms with Crippen LogP contribution in [0.2, 0.25) is 0 Å². The number of thiazole rings is 1. The van der Waals surface area contributed by atoms with Crippen LogP contribution in [0.5, 0.6) is 0 Å². The number of aromatic nitrogens is 3. The van der Waals surface area contributed by atoms with E-state index in [0.29, 0.717) is 31.4 Å². The van der Waals surface area contributed by atoms with Gasteiger partial charge in [-0.2, -0.15) is 4.98 Å². The zero-order valence-corrected chi connectivity index (χ0v) is 15.4. The molecule has 3 heterocycles. The van der Waals surface area contributed by atoms with Crippen molar-refractivity contribution in [3.05, 3.63) is 17.5 Å². The van der Waals surface area contributed by atoms with Crippen molar-refractivity contribution < 1.29 is 18.8 Å². The summed E-state index contributed by atoms with van der Waals surface area (Å²) < 4.78 is 16.4. The zero-order chi connectivity index (χ0) is 17.9. The van der Waals surface area contributed by atoms with Gasteiger partial charge in [-0.15, -0.1) is 11.3 Å². The summed E-state index contributed by atoms with van der Waals surface area (Å²) in [7, 11) is 0. The standard InChI is InChI=1S/C16H22N4O4S/c1-16(2,3)23-15(21)20-6-4-11(5-7-20)22-9-13-18-14(24-19-13)12-8-17-10-25-12/h8,10-11H,4-7,9H2,1-3H3. The van der Waals surface area contributed by atoms with Crippen LogP contribution >= 0.6 is 11.3 Å². The van der Waals surface area contributed by atoms with E-state index < -0.39 is 5.60 Å². The van der Waals surface area contributed by atoms with Gasteiger partial charge in [0.1, 0.15) is 17.1 Å². The molecule has 0 unspecified atom stereocenters. The Balaban J connectivity index is 1.43. The zero-order valence-electron chi connectivity index (χ0n) is 14.6. The molecule has 1 fully saturated rings. The predicted octanol–water partition coefficient (Wildman–Crippen LogP) is 3.11. The molecule has 2 aromatic rings. The molecular weight excluding hydrogens is 344 g/mol. The number of hydrogen-bond donors (Lipinski definition) is 0. The average Bonchev–Trinajstić information content (AvgIpc) is 3.23. The van der Waals surface area contributed by atoms with E-state index >= 15 is 0 Å². The molecule has 9 heteroatoms. The maximum absolute atomic E-state index is 12.0. The molecule has 136 valence electrons. The van der Waals surface area contributed by atoms with Gasteiger partial charge in [0.15, 0.2) is 5.82 Å². The summed E-state index contributed by atoms with van der Waals surface area (Å²) in [6.07, 6.45) is 3.02. The van der Waals surface area contributed by atoms with Gasteiger partial charge in [-0.25, -0.2) is 4.79 Å². The Morgan fingerprint density at radius 3 is 2.80 bits per heavy atom. The van der Waals surface area contributed by atoms with E-state index in [9.17, 15) is 4.79 Å². The van der Waals surface area contributed by atoms with E-state index in [2.05, 4.69) is 15.1 Å². The van der Waals surface area contributed by atoms with E-state index in [-0.39, 0.29) is 12.2 Å². The fourth-order valence-corrected chi connectivity index (χ4v) is 3.00. The van der Waals surface area contributed by atoms with Crippen molar-refractivity contribution in [2.75, 3.05) is 13.1 Å². The lowest BCUT2D eigenvalue weighted by atomic mass is 10.1. The number of piperidine rings is 1. The number of hydrogen-bond acceptors (Lipinski definition) is 8. The summed E-state index contributed by atoms with van der Waals surface area (Å²) in [6.45, 7) is 7.14. The van der Waals surface area contributed by atoms with Gasteiger partial charge in [-0.3, -0.25) is 4.98 Å². The Labute approximate surface area is 150 Å². The van der Waals surface area contributed by atoms with Crippen LogP contribution in [0, 0.1) is 0 Å². The lowest BCUT2D eigenvalue weighted by molar-refractivity contribution is -0.0190. The minimum Gasteiger partial charge on any atom is -0.444 e. The summed E-state index contributed by atoms with van der Waals surface area (Å²) in [5.41, 5.74) is 1.24. The quantitative estimate of drug-likeness (QED) is 0.821. The first-order chi connectivity index (χ1) is 11.9. The molecule has 0 atom stereocenters. The number of carbonyl (C=O) groups excluding carboxylic acids is 1. The molecule has 1 saturated heterocycles. The molecule has 3 rings (SSSR count). The Morgan fingerprint density at radius 1 is 1.40 bits per heavy atom. The van der Waals surface area contributed by atoms with Crippen molar-refractivity contribution in [2.45, 2.75) is 51.9 Å². The summed E-state index contributed by atoms with van der Waals surface area (Å²) in [4.78, 5) is 22.9. The van der Waals surface area contributed by atoms with Crippen molar-refractivity contribution in [1.82, 2.24) is 20.0 Å². The van der Waals surface area contributed by atoms with E-state index in [4.69, 9.17) is 14.0 Å². The summed E-state index contributed by atoms with van der Waals surface area (Å²) in [6, 6.07) is 0. The number of amides is 1. The van der Waals surface area contributed by atoms with Gasteiger partial charge < -0.3 is 18.9 Å². The molecule has 0 radical (unpaired) electrons. The minimum absolute atomic E-state index is 0.0732. The monoisotopic (exact) mass is 366 g/mol. The highest BCUT2D eigenvalue weighted by Gasteiger charge is 2.27. The largest absolute Gasteiger partial charge is 0.444 e. The first-order valence-electron chi connectivity index (χ1n) is 8.22. The lowest BCUT2D eigenvalue weighted by Gasteiger charge is -2.33. The molecule has 25 heavy (non-hydrogen) atoms. The van der Waals surface area contributed by atoms with Crippen LogP contribution in [-0.4, -0.2) is 50.9 Å². The minimum atomic E-state index is -0.473. The van der Waals surface area contributed by atoms with E-state index in [0.717, 1.165) is 17.7 Å². The molecule has 8 nitrogen and oxygen atoms in total. The second-order valence-corrected chi connectivity index (χ2v) is 7.75. The summed E-state index contributed by atoms with van der Waals surface area (Å²) in [5, 5.41) is 3.92. The van der Waals surface area contributed by atoms with Crippen molar-refractivity contribution in [3.8, 4) is 10.8 Å². The topological polar surface area (TPSA) is 90.6 Å². The van der Waals surface area contributed by atoms with Gasteiger partial charge in [0.25, 0.3) is 5.89 Å². The maximum Gasteiger partial charge on any atom is 0.410 e. The number of likely N-dealkylation sites (tertiary alicyclic amines) is 1. The molecular formula is C16H22N4O4S. The SMILES string of the molecule is CC(C)(C)OC(=O)N1CCC(OCc2noc(-c3cncs3)n2)CC1. The number of ether oxygens (including phenoxy) is 2. The van der Waals surface area contributed by atoms with Crippen molar-refractivity contribution in [1.29, 1.82) is 0 Å². The van der Waals surface area contributed by atoms with E-state index in [1.807, 2.05) is 20.8 Å². The van der Waals surface area contributed by atoms with Crippen LogP contribution in [0.15, 0.2) is 16.2 Å². The Morgan fingerprint density at radius 2 is 2.16 bits per heavy atom. The number of rotatable bonds is 4. The predicted molar refractivity (Wildman–Crippen MR) is 91.0 cm³/mol. The Kier molecular flexibility index (Phi) is 5.33. The molecule has 2 aromatic heterocycles. The fraction of sp³-hybridized carbons (Fsp3) is 0.625. The summed E-state index contributed by atoms with van der Waals surface area (Å²) in [5.74, 6) is 0.971.